The van der Waals surface area contributed by atoms with E-state index in [2.05, 4.69) is 10.3 Å². The molecular weight excluding hydrogens is 419 g/mol. The lowest BCUT2D eigenvalue weighted by Gasteiger charge is -2.16. The molecule has 3 rings (SSSR count). The second kappa shape index (κ2) is 8.78. The van der Waals surface area contributed by atoms with Crippen LogP contribution in [0, 0.1) is 5.21 Å². The van der Waals surface area contributed by atoms with Gasteiger partial charge in [0.1, 0.15) is 28.4 Å². The number of carbonyl (C=O) groups excluding carboxylic acids is 1. The van der Waals surface area contributed by atoms with Gasteiger partial charge in [-0.15, -0.1) is 0 Å². The van der Waals surface area contributed by atoms with Gasteiger partial charge in [0.2, 0.25) is 6.20 Å². The summed E-state index contributed by atoms with van der Waals surface area (Å²) in [7, 11) is 2.78. The molecule has 2 heterocycles. The van der Waals surface area contributed by atoms with Crippen LogP contribution in [-0.4, -0.2) is 25.1 Å². The summed E-state index contributed by atoms with van der Waals surface area (Å²) in [6.07, 6.45) is -1.72. The number of alkyl halides is 3. The number of nitrogens with zero attached hydrogens (tertiary/aromatic N) is 2. The molecule has 1 amide bonds. The number of rotatable bonds is 6. The molecule has 0 saturated heterocycles. The molecule has 0 bridgehead atoms. The summed E-state index contributed by atoms with van der Waals surface area (Å²) in [5.74, 6) is -0.577. The summed E-state index contributed by atoms with van der Waals surface area (Å²) in [5, 5.41) is 13.8. The largest absolute Gasteiger partial charge is 0.619 e. The normalized spacial score (nSPS) is 11.0. The van der Waals surface area contributed by atoms with Gasteiger partial charge < -0.3 is 24.7 Å². The molecule has 0 spiro atoms. The molecule has 0 unspecified atom stereocenters. The summed E-state index contributed by atoms with van der Waals surface area (Å²) in [5.41, 5.74) is -1.40. The molecule has 11 heteroatoms. The Bertz CT molecular complexity index is 1110. The van der Waals surface area contributed by atoms with Gasteiger partial charge in [-0.05, 0) is 18.2 Å². The van der Waals surface area contributed by atoms with Crippen molar-refractivity contribution in [3.63, 3.8) is 0 Å². The lowest BCUT2D eigenvalue weighted by molar-refractivity contribution is -0.604. The van der Waals surface area contributed by atoms with E-state index in [-0.39, 0.29) is 22.7 Å². The molecule has 0 fully saturated rings. The Kier molecular flexibility index (Phi) is 6.14. The van der Waals surface area contributed by atoms with Crippen molar-refractivity contribution in [3.8, 4) is 23.0 Å². The number of pyridine rings is 2. The third-order valence-electron chi connectivity index (χ3n) is 4.02. The summed E-state index contributed by atoms with van der Waals surface area (Å²) in [6, 6.07) is 7.85. The predicted octanol–water partition coefficient (Wildman–Crippen LogP) is 3.80. The maximum absolute atomic E-state index is 13.2. The predicted molar refractivity (Wildman–Crippen MR) is 102 cm³/mol. The molecule has 8 nitrogen and oxygen atoms in total. The number of amides is 1. The quantitative estimate of drug-likeness (QED) is 0.467. The number of aromatic nitrogens is 2. The number of methoxy groups -OCH3 is 2. The van der Waals surface area contributed by atoms with E-state index in [1.807, 2.05) is 0 Å². The molecule has 0 aliphatic heterocycles. The van der Waals surface area contributed by atoms with Crippen molar-refractivity contribution in [3.05, 3.63) is 71.5 Å². The number of anilines is 1. The number of nitrogens with one attached hydrogen (secondary N) is 1. The number of ether oxygens (including phenoxy) is 3. The van der Waals surface area contributed by atoms with Gasteiger partial charge in [-0.3, -0.25) is 9.78 Å². The van der Waals surface area contributed by atoms with Gasteiger partial charge in [-0.2, -0.15) is 17.9 Å². The van der Waals surface area contributed by atoms with E-state index < -0.39 is 23.5 Å². The van der Waals surface area contributed by atoms with Crippen molar-refractivity contribution in [1.29, 1.82) is 0 Å². The van der Waals surface area contributed by atoms with Crippen LogP contribution in [0.2, 0.25) is 0 Å². The highest BCUT2D eigenvalue weighted by atomic mass is 19.4. The van der Waals surface area contributed by atoms with E-state index >= 15 is 0 Å². The molecule has 2 aromatic heterocycles. The molecule has 1 aromatic carbocycles. The van der Waals surface area contributed by atoms with E-state index in [9.17, 15) is 23.2 Å². The van der Waals surface area contributed by atoms with Crippen molar-refractivity contribution in [2.45, 2.75) is 6.18 Å². The number of halogens is 3. The first-order valence-electron chi connectivity index (χ1n) is 8.68. The lowest BCUT2D eigenvalue weighted by atomic mass is 10.2. The van der Waals surface area contributed by atoms with Crippen LogP contribution >= 0.6 is 0 Å². The van der Waals surface area contributed by atoms with Crippen LogP contribution < -0.4 is 24.3 Å². The van der Waals surface area contributed by atoms with Gasteiger partial charge in [-0.25, -0.2) is 0 Å². The number of carbonyl (C=O) groups is 1. The van der Waals surface area contributed by atoms with Crippen LogP contribution in [0.15, 0.2) is 55.0 Å². The molecule has 3 aromatic rings. The zero-order chi connectivity index (χ0) is 22.6. The molecule has 1 N–H and O–H groups in total. The second-order valence-corrected chi connectivity index (χ2v) is 6.09. The van der Waals surface area contributed by atoms with E-state index in [0.29, 0.717) is 16.5 Å². The maximum Gasteiger partial charge on any atom is 0.433 e. The zero-order valence-corrected chi connectivity index (χ0v) is 16.3. The zero-order valence-electron chi connectivity index (χ0n) is 16.3. The first-order valence-corrected chi connectivity index (χ1v) is 8.68. The number of hydrogen-bond acceptors (Lipinski definition) is 6. The molecule has 31 heavy (non-hydrogen) atoms. The van der Waals surface area contributed by atoms with Crippen LogP contribution in [0.4, 0.5) is 18.9 Å². The molecule has 0 aliphatic carbocycles. The molecule has 0 atom stereocenters. The standard InChI is InChI=1S/C20H16F3N3O5/c1-29-13-5-6-15(17(8-13)30-2)31-16-9-18(20(21,22)23)24-10-14(16)19(27)25-12-4-3-7-26(28)11-12/h3-11H,1-2H3,(H,25,27). The molecule has 0 aliphatic rings. The lowest BCUT2D eigenvalue weighted by Crippen LogP contribution is -2.25. The SMILES string of the molecule is COc1ccc(Oc2cc(C(F)(F)F)ncc2C(=O)Nc2ccc[n+]([O-])c2)c(OC)c1. The Balaban J connectivity index is 2.01. The maximum atomic E-state index is 13.2. The molecule has 0 radical (unpaired) electrons. The Morgan fingerprint density at radius 2 is 1.87 bits per heavy atom. The Morgan fingerprint density at radius 3 is 2.52 bits per heavy atom. The first kappa shape index (κ1) is 21.7. The van der Waals surface area contributed by atoms with Gasteiger partial charge in [0.15, 0.2) is 17.7 Å². The second-order valence-electron chi connectivity index (χ2n) is 6.09. The van der Waals surface area contributed by atoms with E-state index in [1.165, 1.54) is 50.7 Å². The highest BCUT2D eigenvalue weighted by Gasteiger charge is 2.34. The Labute approximate surface area is 174 Å². The van der Waals surface area contributed by atoms with Crippen LogP contribution in [0.25, 0.3) is 0 Å². The van der Waals surface area contributed by atoms with Gasteiger partial charge in [0.05, 0.1) is 14.2 Å². The highest BCUT2D eigenvalue weighted by Crippen LogP contribution is 2.38. The van der Waals surface area contributed by atoms with Crippen LogP contribution in [0.5, 0.6) is 23.0 Å². The fourth-order valence-electron chi connectivity index (χ4n) is 2.55. The summed E-state index contributed by atoms with van der Waals surface area (Å²) >= 11 is 0. The minimum atomic E-state index is -4.76. The van der Waals surface area contributed by atoms with Crippen molar-refractivity contribution < 1.29 is 36.9 Å². The topological polar surface area (TPSA) is 96.6 Å². The minimum absolute atomic E-state index is 0.0498. The smallest absolute Gasteiger partial charge is 0.433 e. The number of benzene rings is 1. The Hall–Kier alpha value is -4.02. The Morgan fingerprint density at radius 1 is 1.10 bits per heavy atom. The fourth-order valence-corrected chi connectivity index (χ4v) is 2.55. The van der Waals surface area contributed by atoms with Crippen LogP contribution in [0.3, 0.4) is 0 Å². The van der Waals surface area contributed by atoms with E-state index in [1.54, 1.807) is 0 Å². The third kappa shape index (κ3) is 5.13. The highest BCUT2D eigenvalue weighted by molar-refractivity contribution is 6.06. The average molecular weight is 435 g/mol. The monoisotopic (exact) mass is 435 g/mol. The minimum Gasteiger partial charge on any atom is -0.619 e. The third-order valence-corrected chi connectivity index (χ3v) is 4.02. The van der Waals surface area contributed by atoms with Crippen LogP contribution in [0.1, 0.15) is 16.1 Å². The number of hydrogen-bond donors (Lipinski definition) is 1. The summed E-state index contributed by atoms with van der Waals surface area (Å²) in [4.78, 5) is 16.0. The average Bonchev–Trinajstić information content (AvgIpc) is 2.73. The summed E-state index contributed by atoms with van der Waals surface area (Å²) < 4.78 is 55.9. The van der Waals surface area contributed by atoms with Crippen molar-refractivity contribution in [1.82, 2.24) is 4.98 Å². The summed E-state index contributed by atoms with van der Waals surface area (Å²) in [6.45, 7) is 0. The van der Waals surface area contributed by atoms with Crippen molar-refractivity contribution >= 4 is 11.6 Å². The van der Waals surface area contributed by atoms with Gasteiger partial charge >= 0.3 is 6.18 Å². The molecule has 162 valence electrons. The van der Waals surface area contributed by atoms with Gasteiger partial charge in [0.25, 0.3) is 5.91 Å². The molecule has 0 saturated carbocycles. The van der Waals surface area contributed by atoms with Gasteiger partial charge in [-0.1, -0.05) is 0 Å². The van der Waals surface area contributed by atoms with Crippen molar-refractivity contribution in [2.75, 3.05) is 19.5 Å². The van der Waals surface area contributed by atoms with Gasteiger partial charge in [0, 0.05) is 24.4 Å². The van der Waals surface area contributed by atoms with E-state index in [4.69, 9.17) is 14.2 Å². The molecular formula is C20H16F3N3O5. The van der Waals surface area contributed by atoms with E-state index in [0.717, 1.165) is 12.4 Å². The fraction of sp³-hybridized carbons (Fsp3) is 0.150. The van der Waals surface area contributed by atoms with Crippen LogP contribution in [-0.2, 0) is 6.18 Å². The first-order chi connectivity index (χ1) is 14.7. The van der Waals surface area contributed by atoms with Crippen molar-refractivity contribution in [2.24, 2.45) is 0 Å².